The number of morpholine rings is 2. The maximum Gasteiger partial charge on any atom is 0.225 e. The zero-order valence-electron chi connectivity index (χ0n) is 48.0. The fourth-order valence-electron chi connectivity index (χ4n) is 13.2. The van der Waals surface area contributed by atoms with Gasteiger partial charge in [-0.25, -0.2) is 29.9 Å². The number of hydrogen-bond donors (Lipinski definition) is 0. The molecule has 22 heteroatoms. The van der Waals surface area contributed by atoms with Gasteiger partial charge in [0, 0.05) is 106 Å². The zero-order valence-corrected chi connectivity index (χ0v) is 48.8. The van der Waals surface area contributed by atoms with E-state index in [1.807, 2.05) is 78.4 Å². The maximum absolute atomic E-state index is 6.35. The summed E-state index contributed by atoms with van der Waals surface area (Å²) in [5, 5.41) is 11.8. The number of aryl methyl sites for hydroxylation is 2. The Kier molecular flexibility index (Phi) is 16.2. The molecule has 4 atom stereocenters. The van der Waals surface area contributed by atoms with Crippen LogP contribution in [0.5, 0.6) is 17.6 Å². The van der Waals surface area contributed by atoms with Crippen LogP contribution in [0.4, 0.5) is 11.6 Å². The van der Waals surface area contributed by atoms with E-state index >= 15 is 0 Å². The van der Waals surface area contributed by atoms with Gasteiger partial charge in [-0.1, -0.05) is 11.6 Å². The molecule has 8 aliphatic heterocycles. The number of aliphatic imine (C=N–C) groups is 1. The monoisotopic (exact) mass is 1170 g/mol. The molecule has 0 saturated carbocycles. The summed E-state index contributed by atoms with van der Waals surface area (Å²) in [6.07, 6.45) is 21.2. The molecule has 4 bridgehead atoms. The molecule has 0 N–H and O–H groups in total. The van der Waals surface area contributed by atoms with Crippen LogP contribution in [-0.4, -0.2) is 164 Å². The van der Waals surface area contributed by atoms with Crippen molar-refractivity contribution < 1.29 is 37.9 Å². The Hall–Kier alpha value is -7.40. The van der Waals surface area contributed by atoms with Crippen molar-refractivity contribution in [3.05, 3.63) is 114 Å². The summed E-state index contributed by atoms with van der Waals surface area (Å²) in [5.74, 6) is 3.98. The number of aromatic nitrogens is 10. The van der Waals surface area contributed by atoms with Gasteiger partial charge in [0.2, 0.25) is 17.6 Å². The van der Waals surface area contributed by atoms with E-state index in [0.717, 1.165) is 190 Å². The summed E-state index contributed by atoms with van der Waals surface area (Å²) in [6.45, 7) is 8.21. The van der Waals surface area contributed by atoms with Crippen molar-refractivity contribution in [3.63, 3.8) is 0 Å². The van der Waals surface area contributed by atoms with E-state index in [4.69, 9.17) is 69.6 Å². The molecule has 8 aromatic rings. The number of fused-ring (bicyclic) bond motifs is 7. The Morgan fingerprint density at radius 2 is 0.859 bits per heavy atom. The molecular weight excluding hydrogens is 1100 g/mol. The largest absolute Gasteiger partial charge is 0.474 e. The van der Waals surface area contributed by atoms with Crippen LogP contribution in [-0.2, 0) is 44.3 Å². The Morgan fingerprint density at radius 3 is 1.35 bits per heavy atom. The van der Waals surface area contributed by atoms with Crippen molar-refractivity contribution in [2.75, 3.05) is 75.9 Å². The quantitative estimate of drug-likeness (QED) is 0.111. The molecule has 0 amide bonds. The van der Waals surface area contributed by atoms with Gasteiger partial charge in [-0.15, -0.1) is 0 Å². The van der Waals surface area contributed by atoms with Crippen LogP contribution >= 0.6 is 11.6 Å². The van der Waals surface area contributed by atoms with Crippen LogP contribution < -0.4 is 24.0 Å². The number of halogens is 1. The normalized spacial score (nSPS) is 22.4. The minimum atomic E-state index is 0.117. The minimum absolute atomic E-state index is 0.117. The van der Waals surface area contributed by atoms with Crippen molar-refractivity contribution in [2.24, 2.45) is 19.1 Å². The average molecular weight is 1170 g/mol. The van der Waals surface area contributed by atoms with Gasteiger partial charge in [0.15, 0.2) is 0 Å². The molecule has 8 aliphatic rings. The first-order valence-corrected chi connectivity index (χ1v) is 30.4. The highest BCUT2D eigenvalue weighted by molar-refractivity contribution is 6.29. The first-order chi connectivity index (χ1) is 41.9. The van der Waals surface area contributed by atoms with Crippen LogP contribution in [0.3, 0.4) is 0 Å². The molecular formula is C63H70ClN13O8. The Morgan fingerprint density at radius 1 is 0.447 bits per heavy atom. The van der Waals surface area contributed by atoms with Crippen LogP contribution in [0.1, 0.15) is 80.9 Å². The lowest BCUT2D eigenvalue weighted by atomic mass is 10.0. The third kappa shape index (κ3) is 11.6. The SMILES string of the molecule is Cn1nc(-c2ccnc(Cl)c2)c2c(OC3CCOCC3)nccc21.Cn1nc(-c2ccnc(N3C4CCC3COC4)c2)c2c(OC3CCOCC3)nccc21.c1cc(C2=NCc3ccnc(OC4CCOCC4)c32)cc(N2C3CCC2COC3)n1. The van der Waals surface area contributed by atoms with Gasteiger partial charge in [0.25, 0.3) is 0 Å². The molecule has 7 fully saturated rings. The summed E-state index contributed by atoms with van der Waals surface area (Å²) in [7, 11) is 3.88. The van der Waals surface area contributed by atoms with E-state index in [1.165, 1.54) is 18.4 Å². The van der Waals surface area contributed by atoms with E-state index in [0.29, 0.717) is 53.5 Å². The van der Waals surface area contributed by atoms with Crippen molar-refractivity contribution in [1.82, 2.24) is 49.5 Å². The van der Waals surface area contributed by atoms with Crippen molar-refractivity contribution >= 4 is 50.8 Å². The molecule has 0 aromatic carbocycles. The predicted molar refractivity (Wildman–Crippen MR) is 320 cm³/mol. The molecule has 0 spiro atoms. The summed E-state index contributed by atoms with van der Waals surface area (Å²) in [5.41, 5.74) is 9.84. The summed E-state index contributed by atoms with van der Waals surface area (Å²) < 4.78 is 50.4. The summed E-state index contributed by atoms with van der Waals surface area (Å²) >= 11 is 6.04. The highest BCUT2D eigenvalue weighted by Gasteiger charge is 2.40. The number of ether oxygens (including phenoxy) is 8. The first-order valence-electron chi connectivity index (χ1n) is 30.0. The number of hydrogen-bond acceptors (Lipinski definition) is 19. The fraction of sp³-hybridized carbons (Fsp3) is 0.476. The number of rotatable bonds is 11. The topological polar surface area (TPSA) is 206 Å². The van der Waals surface area contributed by atoms with Crippen molar-refractivity contribution in [2.45, 2.75) is 113 Å². The lowest BCUT2D eigenvalue weighted by Crippen LogP contribution is -2.46. The second-order valence-corrected chi connectivity index (χ2v) is 23.3. The molecule has 4 unspecified atom stereocenters. The summed E-state index contributed by atoms with van der Waals surface area (Å²) in [4.78, 5) is 36.8. The molecule has 21 nitrogen and oxygen atoms in total. The average Bonchev–Trinajstić information content (AvgIpc) is 4.55. The smallest absolute Gasteiger partial charge is 0.225 e. The van der Waals surface area contributed by atoms with E-state index in [-0.39, 0.29) is 18.3 Å². The van der Waals surface area contributed by atoms with Crippen LogP contribution in [0.15, 0.2) is 96.8 Å². The van der Waals surface area contributed by atoms with Crippen LogP contribution in [0, 0.1) is 0 Å². The summed E-state index contributed by atoms with van der Waals surface area (Å²) in [6, 6.07) is 19.8. The first kappa shape index (κ1) is 55.5. The fourth-order valence-corrected chi connectivity index (χ4v) is 13.4. The van der Waals surface area contributed by atoms with Gasteiger partial charge in [-0.2, -0.15) is 10.2 Å². The minimum Gasteiger partial charge on any atom is -0.474 e. The second-order valence-electron chi connectivity index (χ2n) is 22.9. The van der Waals surface area contributed by atoms with Crippen LogP contribution in [0.2, 0.25) is 5.15 Å². The Labute approximate surface area is 498 Å². The molecule has 0 radical (unpaired) electrons. The predicted octanol–water partition coefficient (Wildman–Crippen LogP) is 8.95. The molecule has 7 saturated heterocycles. The van der Waals surface area contributed by atoms with E-state index in [9.17, 15) is 0 Å². The van der Waals surface area contributed by atoms with Gasteiger partial charge in [0.1, 0.15) is 46.5 Å². The maximum atomic E-state index is 6.35. The standard InChI is InChI=1S/C23H27N5O3.C23H26N4O3.C17H17ClN4O2/c1-27-19-5-9-25-23(31-18-6-10-29-11-7-18)21(19)22(26-27)15-4-8-24-20(12-15)28-16-2-3-17(28)14-30-13-16;1-2-18-14-29-13-17(1)27(18)20-11-15(3-7-24-20)22-21-16(12-26-22)4-8-25-23(21)30-19-5-9-28-10-6-19;1-22-13-3-7-20-17(24-12-4-8-23-9-5-12)15(13)16(21-22)11-2-6-19-14(18)10-11/h4-5,8-9,12,16-18H,2-3,6-7,10-11,13-14H2,1H3;3-4,7-8,11,17-19H,1-2,5-6,9-10,12-14H2;2-3,6-7,10,12H,4-5,8-9H2,1H3. The third-order valence-electron chi connectivity index (χ3n) is 17.5. The van der Waals surface area contributed by atoms with Gasteiger partial charge in [-0.05, 0) is 85.8 Å². The lowest BCUT2D eigenvalue weighted by Gasteiger charge is -2.35. The molecule has 0 aliphatic carbocycles. The third-order valence-corrected chi connectivity index (χ3v) is 17.7. The van der Waals surface area contributed by atoms with Crippen LogP contribution in [0.25, 0.3) is 44.3 Å². The van der Waals surface area contributed by atoms with Crippen molar-refractivity contribution in [1.29, 1.82) is 0 Å². The van der Waals surface area contributed by atoms with Gasteiger partial charge >= 0.3 is 0 Å². The number of nitrogens with zero attached hydrogens (tertiary/aromatic N) is 13. The molecule has 16 rings (SSSR count). The molecule has 16 heterocycles. The molecule has 8 aromatic heterocycles. The number of pyridine rings is 6. The highest BCUT2D eigenvalue weighted by Crippen LogP contribution is 2.40. The number of anilines is 2. The Bertz CT molecular complexity index is 3660. The highest BCUT2D eigenvalue weighted by atomic mass is 35.5. The van der Waals surface area contributed by atoms with Gasteiger partial charge in [-0.3, -0.25) is 14.4 Å². The van der Waals surface area contributed by atoms with E-state index < -0.39 is 0 Å². The van der Waals surface area contributed by atoms with E-state index in [1.54, 1.807) is 24.7 Å². The van der Waals surface area contributed by atoms with Crippen molar-refractivity contribution in [3.8, 4) is 40.2 Å². The second kappa shape index (κ2) is 24.9. The lowest BCUT2D eigenvalue weighted by molar-refractivity contribution is 0.0235. The van der Waals surface area contributed by atoms with Gasteiger partial charge in [0.05, 0.1) is 130 Å². The van der Waals surface area contributed by atoms with Gasteiger partial charge < -0.3 is 47.7 Å². The zero-order chi connectivity index (χ0) is 57.2. The Balaban J connectivity index is 0.000000114. The van der Waals surface area contributed by atoms with E-state index in [2.05, 4.69) is 47.0 Å². The molecule has 442 valence electrons. The molecule has 85 heavy (non-hydrogen) atoms.